The third kappa shape index (κ3) is 4.10. The molecule has 2 heterocycles. The molecule has 1 N–H and O–H groups in total. The summed E-state index contributed by atoms with van der Waals surface area (Å²) >= 11 is 0. The van der Waals surface area contributed by atoms with Crippen molar-refractivity contribution in [2.24, 2.45) is 0 Å². The highest BCUT2D eigenvalue weighted by Crippen LogP contribution is 2.10. The number of likely N-dealkylation sites (tertiary alicyclic amines) is 1. The van der Waals surface area contributed by atoms with Gasteiger partial charge in [0.2, 0.25) is 0 Å². The van der Waals surface area contributed by atoms with Gasteiger partial charge in [-0.15, -0.1) is 0 Å². The number of aryl methyl sites for hydroxylation is 1. The molecule has 1 unspecified atom stereocenters. The van der Waals surface area contributed by atoms with Gasteiger partial charge in [0, 0.05) is 18.8 Å². The average molecular weight is 250 g/mol. The fourth-order valence-electron chi connectivity index (χ4n) is 2.65. The highest BCUT2D eigenvalue weighted by molar-refractivity contribution is 4.99. The molecule has 2 rings (SSSR count). The third-order valence-electron chi connectivity index (χ3n) is 3.80. The van der Waals surface area contributed by atoms with Crippen molar-refractivity contribution in [3.05, 3.63) is 18.0 Å². The van der Waals surface area contributed by atoms with Gasteiger partial charge >= 0.3 is 0 Å². The van der Waals surface area contributed by atoms with E-state index in [9.17, 15) is 0 Å². The molecule has 102 valence electrons. The van der Waals surface area contributed by atoms with Crippen LogP contribution in [0.2, 0.25) is 0 Å². The Balaban J connectivity index is 1.67. The molecule has 0 saturated carbocycles. The Labute approximate surface area is 110 Å². The summed E-state index contributed by atoms with van der Waals surface area (Å²) in [5, 5.41) is 7.99. The van der Waals surface area contributed by atoms with Gasteiger partial charge in [-0.3, -0.25) is 4.68 Å². The zero-order chi connectivity index (χ0) is 12.8. The topological polar surface area (TPSA) is 33.1 Å². The monoisotopic (exact) mass is 250 g/mol. The Morgan fingerprint density at radius 2 is 2.28 bits per heavy atom. The normalized spacial score (nSPS) is 22.0. The molecule has 0 bridgehead atoms. The van der Waals surface area contributed by atoms with E-state index >= 15 is 0 Å². The van der Waals surface area contributed by atoms with Crippen LogP contribution in [-0.2, 0) is 6.54 Å². The molecule has 18 heavy (non-hydrogen) atoms. The van der Waals surface area contributed by atoms with Crippen LogP contribution in [0, 0.1) is 6.92 Å². The Kier molecular flexibility index (Phi) is 5.20. The highest BCUT2D eigenvalue weighted by Gasteiger charge is 2.14. The predicted molar refractivity (Wildman–Crippen MR) is 74.7 cm³/mol. The van der Waals surface area contributed by atoms with Crippen LogP contribution in [0.4, 0.5) is 0 Å². The fraction of sp³-hybridized carbons (Fsp3) is 0.786. The molecule has 4 nitrogen and oxygen atoms in total. The van der Waals surface area contributed by atoms with E-state index in [4.69, 9.17) is 0 Å². The SMILES string of the molecule is CCN1CCCC(NCCn2cc(C)cn2)CC1. The first-order valence-corrected chi connectivity index (χ1v) is 7.22. The minimum absolute atomic E-state index is 0.693. The first kappa shape index (κ1) is 13.6. The molecule has 1 saturated heterocycles. The molecular formula is C14H26N4. The van der Waals surface area contributed by atoms with Crippen LogP contribution in [0.5, 0.6) is 0 Å². The molecule has 1 atom stereocenters. The predicted octanol–water partition coefficient (Wildman–Crippen LogP) is 1.66. The summed E-state index contributed by atoms with van der Waals surface area (Å²) in [7, 11) is 0. The van der Waals surface area contributed by atoms with Crippen LogP contribution >= 0.6 is 0 Å². The van der Waals surface area contributed by atoms with E-state index in [0.29, 0.717) is 6.04 Å². The van der Waals surface area contributed by atoms with Crippen molar-refractivity contribution in [3.63, 3.8) is 0 Å². The first-order valence-electron chi connectivity index (χ1n) is 7.22. The highest BCUT2D eigenvalue weighted by atomic mass is 15.3. The van der Waals surface area contributed by atoms with Gasteiger partial charge in [-0.2, -0.15) is 5.10 Å². The van der Waals surface area contributed by atoms with Gasteiger partial charge in [0.25, 0.3) is 0 Å². The summed E-state index contributed by atoms with van der Waals surface area (Å²) in [5.74, 6) is 0. The number of nitrogens with one attached hydrogen (secondary N) is 1. The number of hydrogen-bond donors (Lipinski definition) is 1. The van der Waals surface area contributed by atoms with Gasteiger partial charge in [-0.1, -0.05) is 6.92 Å². The van der Waals surface area contributed by atoms with Gasteiger partial charge in [-0.25, -0.2) is 0 Å². The van der Waals surface area contributed by atoms with Crippen LogP contribution in [-0.4, -0.2) is 46.9 Å². The van der Waals surface area contributed by atoms with E-state index in [1.54, 1.807) is 0 Å². The molecular weight excluding hydrogens is 224 g/mol. The van der Waals surface area contributed by atoms with Crippen LogP contribution in [0.1, 0.15) is 31.7 Å². The van der Waals surface area contributed by atoms with E-state index < -0.39 is 0 Å². The molecule has 1 aromatic heterocycles. The van der Waals surface area contributed by atoms with E-state index in [0.717, 1.165) is 13.1 Å². The Morgan fingerprint density at radius 1 is 1.39 bits per heavy atom. The summed E-state index contributed by atoms with van der Waals surface area (Å²) in [6.07, 6.45) is 7.95. The van der Waals surface area contributed by atoms with Crippen molar-refractivity contribution in [2.45, 2.75) is 45.7 Å². The fourth-order valence-corrected chi connectivity index (χ4v) is 2.65. The minimum atomic E-state index is 0.693. The van der Waals surface area contributed by atoms with Gasteiger partial charge in [0.05, 0.1) is 12.7 Å². The average Bonchev–Trinajstić information content (AvgIpc) is 2.65. The molecule has 1 aliphatic rings. The van der Waals surface area contributed by atoms with Crippen molar-refractivity contribution < 1.29 is 0 Å². The second-order valence-electron chi connectivity index (χ2n) is 5.30. The standard InChI is InChI=1S/C14H26N4/c1-3-17-8-4-5-14(6-9-17)15-7-10-18-12-13(2)11-16-18/h11-12,14-15H,3-10H2,1-2H3. The quantitative estimate of drug-likeness (QED) is 0.862. The van der Waals surface area contributed by atoms with E-state index in [1.165, 1.54) is 44.5 Å². The second-order valence-corrected chi connectivity index (χ2v) is 5.30. The molecule has 0 aliphatic carbocycles. The van der Waals surface area contributed by atoms with Crippen molar-refractivity contribution in [1.82, 2.24) is 20.0 Å². The minimum Gasteiger partial charge on any atom is -0.312 e. The number of nitrogens with zero attached hydrogens (tertiary/aromatic N) is 3. The summed E-state index contributed by atoms with van der Waals surface area (Å²) in [4.78, 5) is 2.55. The number of hydrogen-bond acceptors (Lipinski definition) is 3. The lowest BCUT2D eigenvalue weighted by Gasteiger charge is -2.18. The summed E-state index contributed by atoms with van der Waals surface area (Å²) in [5.41, 5.74) is 1.24. The number of aromatic nitrogens is 2. The van der Waals surface area contributed by atoms with Crippen molar-refractivity contribution in [3.8, 4) is 0 Å². The summed E-state index contributed by atoms with van der Waals surface area (Å²) in [6, 6.07) is 0.693. The maximum Gasteiger partial charge on any atom is 0.0534 e. The molecule has 0 radical (unpaired) electrons. The molecule has 0 spiro atoms. The maximum atomic E-state index is 4.31. The Bertz CT molecular complexity index is 347. The van der Waals surface area contributed by atoms with Crippen LogP contribution in [0.15, 0.2) is 12.4 Å². The molecule has 1 aliphatic heterocycles. The Hall–Kier alpha value is -0.870. The van der Waals surface area contributed by atoms with E-state index in [2.05, 4.69) is 35.4 Å². The van der Waals surface area contributed by atoms with Crippen molar-refractivity contribution >= 4 is 0 Å². The first-order chi connectivity index (χ1) is 8.78. The molecule has 0 amide bonds. The van der Waals surface area contributed by atoms with E-state index in [1.807, 2.05) is 10.9 Å². The largest absolute Gasteiger partial charge is 0.312 e. The van der Waals surface area contributed by atoms with Crippen molar-refractivity contribution in [1.29, 1.82) is 0 Å². The lowest BCUT2D eigenvalue weighted by atomic mass is 10.1. The van der Waals surface area contributed by atoms with Gasteiger partial charge < -0.3 is 10.2 Å². The smallest absolute Gasteiger partial charge is 0.0534 e. The van der Waals surface area contributed by atoms with Gasteiger partial charge in [-0.05, 0) is 51.4 Å². The lowest BCUT2D eigenvalue weighted by Crippen LogP contribution is -2.33. The second kappa shape index (κ2) is 6.90. The van der Waals surface area contributed by atoms with Gasteiger partial charge in [0.1, 0.15) is 0 Å². The maximum absolute atomic E-state index is 4.31. The van der Waals surface area contributed by atoms with Crippen LogP contribution < -0.4 is 5.32 Å². The van der Waals surface area contributed by atoms with Gasteiger partial charge in [0.15, 0.2) is 0 Å². The molecule has 1 aromatic rings. The zero-order valence-electron chi connectivity index (χ0n) is 11.7. The van der Waals surface area contributed by atoms with Crippen LogP contribution in [0.3, 0.4) is 0 Å². The molecule has 0 aromatic carbocycles. The third-order valence-corrected chi connectivity index (χ3v) is 3.80. The zero-order valence-corrected chi connectivity index (χ0v) is 11.7. The lowest BCUT2D eigenvalue weighted by molar-refractivity contribution is 0.297. The summed E-state index contributed by atoms with van der Waals surface area (Å²) in [6.45, 7) is 10.1. The van der Waals surface area contributed by atoms with Crippen molar-refractivity contribution in [2.75, 3.05) is 26.2 Å². The molecule has 4 heteroatoms. The number of rotatable bonds is 5. The molecule has 1 fully saturated rings. The van der Waals surface area contributed by atoms with Crippen LogP contribution in [0.25, 0.3) is 0 Å². The Morgan fingerprint density at radius 3 is 3.00 bits per heavy atom. The summed E-state index contributed by atoms with van der Waals surface area (Å²) < 4.78 is 2.03. The van der Waals surface area contributed by atoms with E-state index in [-0.39, 0.29) is 0 Å².